The summed E-state index contributed by atoms with van der Waals surface area (Å²) in [5, 5.41) is 0. The molecule has 3 atom stereocenters. The van der Waals surface area contributed by atoms with Crippen LogP contribution in [0, 0.1) is 5.41 Å². The molecule has 1 saturated heterocycles. The monoisotopic (exact) mass is 335 g/mol. The molecular weight excluding hydrogens is 310 g/mol. The van der Waals surface area contributed by atoms with E-state index in [1.165, 1.54) is 4.57 Å². The van der Waals surface area contributed by atoms with Crippen LogP contribution in [0.5, 0.6) is 0 Å². The van der Waals surface area contributed by atoms with Gasteiger partial charge in [0.15, 0.2) is 5.79 Å². The molecule has 2 heterocycles. The molecule has 0 radical (unpaired) electrons. The number of anilines is 1. The Labute approximate surface area is 141 Å². The number of aromatic nitrogens is 2. The fraction of sp³-hybridized carbons (Fsp3) is 0.647. The van der Waals surface area contributed by atoms with Crippen molar-refractivity contribution < 1.29 is 14.2 Å². The van der Waals surface area contributed by atoms with Gasteiger partial charge in [-0.25, -0.2) is 4.79 Å². The molecule has 0 saturated carbocycles. The molecule has 0 amide bonds. The van der Waals surface area contributed by atoms with Gasteiger partial charge < -0.3 is 19.9 Å². The van der Waals surface area contributed by atoms with E-state index < -0.39 is 11.5 Å². The van der Waals surface area contributed by atoms with Crippen molar-refractivity contribution in [1.82, 2.24) is 9.55 Å². The van der Waals surface area contributed by atoms with Crippen molar-refractivity contribution in [3.63, 3.8) is 0 Å². The van der Waals surface area contributed by atoms with Crippen LogP contribution in [0.3, 0.4) is 0 Å². The van der Waals surface area contributed by atoms with Gasteiger partial charge in [0.1, 0.15) is 23.8 Å². The minimum Gasteiger partial charge on any atom is -0.495 e. The van der Waals surface area contributed by atoms with E-state index in [2.05, 4.69) is 25.8 Å². The van der Waals surface area contributed by atoms with Crippen molar-refractivity contribution in [1.29, 1.82) is 0 Å². The Hall–Kier alpha value is -1.86. The van der Waals surface area contributed by atoms with Crippen LogP contribution in [0.25, 0.3) is 0 Å². The summed E-state index contributed by atoms with van der Waals surface area (Å²) in [6.45, 7) is 10.6. The number of ether oxygens (including phenoxy) is 3. The van der Waals surface area contributed by atoms with Gasteiger partial charge in [-0.15, -0.1) is 0 Å². The number of hydrogen-bond donors (Lipinski definition) is 1. The maximum Gasteiger partial charge on any atom is 0.350 e. The third-order valence-corrected chi connectivity index (χ3v) is 3.93. The quantitative estimate of drug-likeness (QED) is 0.907. The molecule has 7 heteroatoms. The highest BCUT2D eigenvalue weighted by Gasteiger charge is 2.52. The minimum absolute atomic E-state index is 0.0169. The Morgan fingerprint density at radius 2 is 2.08 bits per heavy atom. The summed E-state index contributed by atoms with van der Waals surface area (Å²) in [5.41, 5.74) is 5.18. The van der Waals surface area contributed by atoms with E-state index in [1.807, 2.05) is 19.9 Å². The van der Waals surface area contributed by atoms with Gasteiger partial charge in [0.05, 0.1) is 12.6 Å². The van der Waals surface area contributed by atoms with Crippen LogP contribution >= 0.6 is 0 Å². The summed E-state index contributed by atoms with van der Waals surface area (Å²) >= 11 is 0. The van der Waals surface area contributed by atoms with Crippen molar-refractivity contribution >= 4 is 5.82 Å². The third-order valence-electron chi connectivity index (χ3n) is 3.93. The smallest absolute Gasteiger partial charge is 0.350 e. The van der Waals surface area contributed by atoms with Gasteiger partial charge in [-0.3, -0.25) is 4.57 Å². The van der Waals surface area contributed by atoms with Gasteiger partial charge in [-0.2, -0.15) is 4.98 Å². The molecule has 1 aliphatic carbocycles. The molecule has 1 aliphatic heterocycles. The van der Waals surface area contributed by atoms with E-state index in [-0.39, 0.29) is 29.5 Å². The van der Waals surface area contributed by atoms with Crippen molar-refractivity contribution in [3.05, 3.63) is 34.6 Å². The van der Waals surface area contributed by atoms with Crippen molar-refractivity contribution in [2.75, 3.05) is 12.3 Å². The lowest BCUT2D eigenvalue weighted by molar-refractivity contribution is -0.151. The molecule has 3 rings (SSSR count). The molecular formula is C17H25N3O4. The lowest BCUT2D eigenvalue weighted by atomic mass is 9.99. The molecule has 2 N–H and O–H groups in total. The maximum absolute atomic E-state index is 12.2. The number of nitrogens with zero attached hydrogens (tertiary/aromatic N) is 2. The standard InChI is InChI=1S/C17H25N3O4/c1-16(2,3)9-22-11-8-10(13-14(11)24-17(4,5)23-13)20-7-6-12(18)19-15(20)21/h6-8,10,13-14H,9H2,1-5H3,(H2,18,19,21)/t10?,13-,14+/m1/s1. The Morgan fingerprint density at radius 3 is 2.71 bits per heavy atom. The molecule has 7 nitrogen and oxygen atoms in total. The lowest BCUT2D eigenvalue weighted by Gasteiger charge is -2.23. The van der Waals surface area contributed by atoms with Crippen LogP contribution in [0.4, 0.5) is 5.82 Å². The van der Waals surface area contributed by atoms with Crippen molar-refractivity contribution in [2.45, 2.75) is 58.7 Å². The van der Waals surface area contributed by atoms with E-state index in [0.29, 0.717) is 12.4 Å². The molecule has 1 aromatic heterocycles. The Kier molecular flexibility index (Phi) is 3.96. The molecule has 1 aromatic rings. The predicted octanol–water partition coefficient (Wildman–Crippen LogP) is 1.85. The van der Waals surface area contributed by atoms with Crippen LogP contribution in [-0.2, 0) is 14.2 Å². The molecule has 24 heavy (non-hydrogen) atoms. The molecule has 2 aliphatic rings. The van der Waals surface area contributed by atoms with Crippen LogP contribution in [0.1, 0.15) is 40.7 Å². The second kappa shape index (κ2) is 5.60. The summed E-state index contributed by atoms with van der Waals surface area (Å²) in [6.07, 6.45) is 2.84. The van der Waals surface area contributed by atoms with Gasteiger partial charge in [0, 0.05) is 6.20 Å². The summed E-state index contributed by atoms with van der Waals surface area (Å²) in [4.78, 5) is 16.0. The summed E-state index contributed by atoms with van der Waals surface area (Å²) < 4.78 is 19.5. The first-order chi connectivity index (χ1) is 11.1. The van der Waals surface area contributed by atoms with Gasteiger partial charge in [0.2, 0.25) is 0 Å². The average molecular weight is 335 g/mol. The molecule has 0 bridgehead atoms. The fourth-order valence-electron chi connectivity index (χ4n) is 2.94. The zero-order chi connectivity index (χ0) is 17.7. The minimum atomic E-state index is -0.733. The first kappa shape index (κ1) is 17.0. The van der Waals surface area contributed by atoms with E-state index in [4.69, 9.17) is 19.9 Å². The van der Waals surface area contributed by atoms with Crippen LogP contribution in [0.2, 0.25) is 0 Å². The van der Waals surface area contributed by atoms with E-state index in [9.17, 15) is 4.79 Å². The predicted molar refractivity (Wildman–Crippen MR) is 89.3 cm³/mol. The highest BCUT2D eigenvalue weighted by Crippen LogP contribution is 2.43. The highest BCUT2D eigenvalue weighted by atomic mass is 16.8. The van der Waals surface area contributed by atoms with Gasteiger partial charge in [0.25, 0.3) is 0 Å². The normalized spacial score (nSPS) is 28.5. The zero-order valence-corrected chi connectivity index (χ0v) is 14.8. The fourth-order valence-corrected chi connectivity index (χ4v) is 2.94. The average Bonchev–Trinajstić information content (AvgIpc) is 2.90. The van der Waals surface area contributed by atoms with Gasteiger partial charge in [-0.1, -0.05) is 20.8 Å². The number of nitrogen functional groups attached to an aromatic ring is 1. The van der Waals surface area contributed by atoms with E-state index >= 15 is 0 Å². The number of nitrogens with two attached hydrogens (primary N) is 1. The first-order valence-corrected chi connectivity index (χ1v) is 8.11. The molecule has 132 valence electrons. The van der Waals surface area contributed by atoms with Crippen LogP contribution in [-0.4, -0.2) is 34.2 Å². The number of fused-ring (bicyclic) bond motifs is 1. The van der Waals surface area contributed by atoms with Crippen LogP contribution in [0.15, 0.2) is 28.9 Å². The Balaban J connectivity index is 1.93. The Bertz CT molecular complexity index is 717. The molecule has 0 aromatic carbocycles. The molecule has 1 unspecified atom stereocenters. The summed E-state index contributed by atoms with van der Waals surface area (Å²) in [5.74, 6) is 0.167. The van der Waals surface area contributed by atoms with E-state index in [1.54, 1.807) is 12.3 Å². The van der Waals surface area contributed by atoms with E-state index in [0.717, 1.165) is 0 Å². The third kappa shape index (κ3) is 3.32. The number of rotatable bonds is 3. The summed E-state index contributed by atoms with van der Waals surface area (Å²) in [6, 6.07) is 1.26. The molecule has 0 spiro atoms. The topological polar surface area (TPSA) is 88.6 Å². The van der Waals surface area contributed by atoms with Crippen LogP contribution < -0.4 is 11.4 Å². The Morgan fingerprint density at radius 1 is 1.38 bits per heavy atom. The second-order valence-corrected chi connectivity index (χ2v) is 7.97. The highest BCUT2D eigenvalue weighted by molar-refractivity contribution is 5.26. The number of hydrogen-bond acceptors (Lipinski definition) is 6. The van der Waals surface area contributed by atoms with Gasteiger partial charge in [-0.05, 0) is 31.4 Å². The van der Waals surface area contributed by atoms with Crippen molar-refractivity contribution in [3.8, 4) is 0 Å². The molecule has 1 fully saturated rings. The zero-order valence-electron chi connectivity index (χ0n) is 14.8. The van der Waals surface area contributed by atoms with Gasteiger partial charge >= 0.3 is 5.69 Å². The lowest BCUT2D eigenvalue weighted by Crippen LogP contribution is -2.35. The summed E-state index contributed by atoms with van der Waals surface area (Å²) in [7, 11) is 0. The van der Waals surface area contributed by atoms with Crippen molar-refractivity contribution in [2.24, 2.45) is 5.41 Å². The largest absolute Gasteiger partial charge is 0.495 e. The second-order valence-electron chi connectivity index (χ2n) is 7.97. The SMILES string of the molecule is CC(C)(C)COC1=CC(n2ccc(N)nc2=O)[C@H]2OC(C)(C)O[C@@H]12. The maximum atomic E-state index is 12.2. The first-order valence-electron chi connectivity index (χ1n) is 8.11.